The number of carbonyl (C=O) groups is 1. The first-order valence-electron chi connectivity index (χ1n) is 3.69. The summed E-state index contributed by atoms with van der Waals surface area (Å²) in [6.45, 7) is 0. The van der Waals surface area contributed by atoms with Crippen LogP contribution >= 0.6 is 0 Å². The van der Waals surface area contributed by atoms with Gasteiger partial charge in [-0.15, -0.1) is 0 Å². The zero-order chi connectivity index (χ0) is 9.26. The number of fused-ring (bicyclic) bond motifs is 1. The summed E-state index contributed by atoms with van der Waals surface area (Å²) in [5.41, 5.74) is 3.65. The van der Waals surface area contributed by atoms with Crippen LogP contribution in [0.5, 0.6) is 0 Å². The van der Waals surface area contributed by atoms with E-state index < -0.39 is 5.97 Å². The lowest BCUT2D eigenvalue weighted by atomic mass is 10.3. The Morgan fingerprint density at radius 2 is 2.46 bits per heavy atom. The van der Waals surface area contributed by atoms with Gasteiger partial charge in [-0.3, -0.25) is 4.99 Å². The third kappa shape index (κ3) is 1.20. The standard InChI is InChI=1S/C8H7N3O2/c12-8(13)7-2-3-9-5-6-1-4-10-11(6)7/h1-5,10H,(H,12,13). The number of carboxylic acid groups (broad SMARTS) is 1. The summed E-state index contributed by atoms with van der Waals surface area (Å²) >= 11 is 0. The Kier molecular flexibility index (Phi) is 1.63. The molecule has 2 rings (SSSR count). The highest BCUT2D eigenvalue weighted by Crippen LogP contribution is 2.17. The van der Waals surface area contributed by atoms with Gasteiger partial charge < -0.3 is 10.5 Å². The molecule has 2 aliphatic heterocycles. The topological polar surface area (TPSA) is 64.9 Å². The molecule has 5 heteroatoms. The minimum Gasteiger partial charge on any atom is -0.477 e. The maximum absolute atomic E-state index is 10.8. The highest BCUT2D eigenvalue weighted by molar-refractivity contribution is 5.92. The van der Waals surface area contributed by atoms with Crippen LogP contribution in [0, 0.1) is 0 Å². The van der Waals surface area contributed by atoms with E-state index in [1.54, 1.807) is 18.5 Å². The van der Waals surface area contributed by atoms with E-state index in [2.05, 4.69) is 10.4 Å². The molecule has 2 N–H and O–H groups in total. The first-order valence-corrected chi connectivity index (χ1v) is 3.69. The van der Waals surface area contributed by atoms with Crippen molar-refractivity contribution in [1.82, 2.24) is 10.4 Å². The van der Waals surface area contributed by atoms with Crippen molar-refractivity contribution in [2.75, 3.05) is 0 Å². The fraction of sp³-hybridized carbons (Fsp3) is 0. The molecule has 0 aromatic heterocycles. The molecule has 0 aromatic carbocycles. The first kappa shape index (κ1) is 7.60. The molecule has 0 fully saturated rings. The average molecular weight is 177 g/mol. The second-order valence-electron chi connectivity index (χ2n) is 2.51. The average Bonchev–Trinajstić information content (AvgIpc) is 2.44. The third-order valence-electron chi connectivity index (χ3n) is 1.70. The monoisotopic (exact) mass is 177 g/mol. The number of carboxylic acids is 1. The molecule has 2 aliphatic rings. The highest BCUT2D eigenvalue weighted by atomic mass is 16.4. The zero-order valence-electron chi connectivity index (χ0n) is 6.64. The van der Waals surface area contributed by atoms with Crippen LogP contribution in [0.25, 0.3) is 0 Å². The van der Waals surface area contributed by atoms with Gasteiger partial charge in [0.1, 0.15) is 5.70 Å². The predicted octanol–water partition coefficient (Wildman–Crippen LogP) is 0.215. The number of hydrazine groups is 1. The van der Waals surface area contributed by atoms with Gasteiger partial charge in [-0.05, 0) is 12.2 Å². The zero-order valence-corrected chi connectivity index (χ0v) is 6.64. The van der Waals surface area contributed by atoms with Crippen LogP contribution in [0.3, 0.4) is 0 Å². The maximum atomic E-state index is 10.8. The largest absolute Gasteiger partial charge is 0.477 e. The Morgan fingerprint density at radius 1 is 1.62 bits per heavy atom. The number of rotatable bonds is 1. The van der Waals surface area contributed by atoms with E-state index in [4.69, 9.17) is 5.11 Å². The van der Waals surface area contributed by atoms with Gasteiger partial charge in [0.05, 0.1) is 11.9 Å². The van der Waals surface area contributed by atoms with E-state index in [1.807, 2.05) is 0 Å². The second kappa shape index (κ2) is 2.78. The van der Waals surface area contributed by atoms with Crippen molar-refractivity contribution in [2.45, 2.75) is 0 Å². The lowest BCUT2D eigenvalue weighted by molar-refractivity contribution is -0.134. The number of allylic oxidation sites excluding steroid dienone is 2. The summed E-state index contributed by atoms with van der Waals surface area (Å²) in [4.78, 5) is 14.7. The lowest BCUT2D eigenvalue weighted by Gasteiger charge is -2.18. The van der Waals surface area contributed by atoms with Gasteiger partial charge >= 0.3 is 5.97 Å². The van der Waals surface area contributed by atoms with Gasteiger partial charge in [0.25, 0.3) is 0 Å². The van der Waals surface area contributed by atoms with Gasteiger partial charge in [0.15, 0.2) is 0 Å². The van der Waals surface area contributed by atoms with Crippen molar-refractivity contribution in [3.05, 3.63) is 35.9 Å². The van der Waals surface area contributed by atoms with Crippen LogP contribution in [0.1, 0.15) is 0 Å². The summed E-state index contributed by atoms with van der Waals surface area (Å²) < 4.78 is 0. The molecule has 0 amide bonds. The Morgan fingerprint density at radius 3 is 3.23 bits per heavy atom. The summed E-state index contributed by atoms with van der Waals surface area (Å²) in [5.74, 6) is -0.990. The molecular formula is C8H7N3O2. The first-order chi connectivity index (χ1) is 6.29. The quantitative estimate of drug-likeness (QED) is 0.601. The molecule has 0 spiro atoms. The predicted molar refractivity (Wildman–Crippen MR) is 46.4 cm³/mol. The molecule has 0 aromatic rings. The van der Waals surface area contributed by atoms with Crippen LogP contribution in [0.2, 0.25) is 0 Å². The van der Waals surface area contributed by atoms with E-state index in [1.165, 1.54) is 17.3 Å². The van der Waals surface area contributed by atoms with E-state index in [9.17, 15) is 4.79 Å². The van der Waals surface area contributed by atoms with Crippen LogP contribution in [0.4, 0.5) is 0 Å². The summed E-state index contributed by atoms with van der Waals surface area (Å²) in [6.07, 6.45) is 7.88. The molecule has 5 nitrogen and oxygen atoms in total. The number of nitrogens with one attached hydrogen (secondary N) is 1. The fourth-order valence-electron chi connectivity index (χ4n) is 1.13. The maximum Gasteiger partial charge on any atom is 0.354 e. The molecular weight excluding hydrogens is 170 g/mol. The molecule has 2 heterocycles. The minimum atomic E-state index is -0.990. The van der Waals surface area contributed by atoms with Crippen LogP contribution in [0.15, 0.2) is 40.9 Å². The summed E-state index contributed by atoms with van der Waals surface area (Å²) in [7, 11) is 0. The lowest BCUT2D eigenvalue weighted by Crippen LogP contribution is -2.31. The molecule has 0 saturated carbocycles. The van der Waals surface area contributed by atoms with E-state index in [-0.39, 0.29) is 5.70 Å². The Labute approximate surface area is 74.3 Å². The summed E-state index contributed by atoms with van der Waals surface area (Å²) in [6, 6.07) is 0. The number of hydrogen-bond donors (Lipinski definition) is 2. The van der Waals surface area contributed by atoms with Crippen LogP contribution in [-0.2, 0) is 4.79 Å². The Bertz CT molecular complexity index is 366. The van der Waals surface area contributed by atoms with Crippen molar-refractivity contribution in [3.8, 4) is 0 Å². The molecule has 13 heavy (non-hydrogen) atoms. The Hall–Kier alpha value is -2.04. The number of hydrogen-bond acceptors (Lipinski definition) is 4. The molecule has 66 valence electrons. The van der Waals surface area contributed by atoms with Gasteiger partial charge in [0.2, 0.25) is 0 Å². The molecule has 0 unspecified atom stereocenters. The van der Waals surface area contributed by atoms with Crippen LogP contribution in [-0.4, -0.2) is 22.3 Å². The van der Waals surface area contributed by atoms with Crippen molar-refractivity contribution in [2.24, 2.45) is 4.99 Å². The van der Waals surface area contributed by atoms with Gasteiger partial charge in [-0.2, -0.15) is 0 Å². The van der Waals surface area contributed by atoms with E-state index in [0.29, 0.717) is 5.70 Å². The van der Waals surface area contributed by atoms with Gasteiger partial charge in [0, 0.05) is 12.4 Å². The van der Waals surface area contributed by atoms with Crippen molar-refractivity contribution < 1.29 is 9.90 Å². The number of aliphatic carboxylic acids is 1. The van der Waals surface area contributed by atoms with Gasteiger partial charge in [-0.1, -0.05) is 0 Å². The SMILES string of the molecule is O=C(O)C1=CC=NC=C2C=CNN21. The molecule has 0 saturated heterocycles. The number of nitrogens with zero attached hydrogens (tertiary/aromatic N) is 2. The van der Waals surface area contributed by atoms with Crippen molar-refractivity contribution >= 4 is 12.2 Å². The van der Waals surface area contributed by atoms with Crippen LogP contribution < -0.4 is 5.43 Å². The van der Waals surface area contributed by atoms with Crippen molar-refractivity contribution in [1.29, 1.82) is 0 Å². The van der Waals surface area contributed by atoms with E-state index >= 15 is 0 Å². The molecule has 0 radical (unpaired) electrons. The summed E-state index contributed by atoms with van der Waals surface area (Å²) in [5, 5.41) is 10.3. The molecule has 0 atom stereocenters. The third-order valence-corrected chi connectivity index (χ3v) is 1.70. The molecule has 0 aliphatic carbocycles. The fourth-order valence-corrected chi connectivity index (χ4v) is 1.13. The number of aliphatic imine (C=N–C) groups is 1. The van der Waals surface area contributed by atoms with E-state index in [0.717, 1.165) is 0 Å². The van der Waals surface area contributed by atoms with Gasteiger partial charge in [-0.25, -0.2) is 9.80 Å². The van der Waals surface area contributed by atoms with Crippen molar-refractivity contribution in [3.63, 3.8) is 0 Å². The highest BCUT2D eigenvalue weighted by Gasteiger charge is 2.21. The normalized spacial score (nSPS) is 18.6. The second-order valence-corrected chi connectivity index (χ2v) is 2.51. The minimum absolute atomic E-state index is 0.150. The Balaban J connectivity index is 2.40. The smallest absolute Gasteiger partial charge is 0.354 e. The molecule has 0 bridgehead atoms.